The number of hydrogen-bond acceptors (Lipinski definition) is 4. The predicted octanol–water partition coefficient (Wildman–Crippen LogP) is 3.63. The minimum atomic E-state index is -0.428. The van der Waals surface area contributed by atoms with Crippen molar-refractivity contribution in [3.8, 4) is 5.75 Å². The summed E-state index contributed by atoms with van der Waals surface area (Å²) in [6, 6.07) is 6.19. The van der Waals surface area contributed by atoms with Gasteiger partial charge in [0.05, 0.1) is 19.3 Å². The Hall–Kier alpha value is -1.59. The minimum Gasteiger partial charge on any atom is -0.508 e. The van der Waals surface area contributed by atoms with Gasteiger partial charge in [0.25, 0.3) is 0 Å². The lowest BCUT2D eigenvalue weighted by atomic mass is 9.70. The molecular weight excluding hydrogens is 376 g/mol. The summed E-state index contributed by atoms with van der Waals surface area (Å²) in [7, 11) is 0. The zero-order chi connectivity index (χ0) is 21.5. The molecule has 2 fully saturated rings. The zero-order valence-corrected chi connectivity index (χ0v) is 19.0. The van der Waals surface area contributed by atoms with Crippen LogP contribution in [-0.4, -0.2) is 54.3 Å². The lowest BCUT2D eigenvalue weighted by Gasteiger charge is -2.44. The van der Waals surface area contributed by atoms with Gasteiger partial charge in [0.15, 0.2) is 0 Å². The molecule has 5 nitrogen and oxygen atoms in total. The Morgan fingerprint density at radius 2 is 2.07 bits per heavy atom. The fourth-order valence-corrected chi connectivity index (χ4v) is 5.09. The number of carbonyl (C=O) groups is 1. The lowest BCUT2D eigenvalue weighted by molar-refractivity contribution is -0.130. The summed E-state index contributed by atoms with van der Waals surface area (Å²) in [6.45, 7) is 11.6. The molecule has 3 unspecified atom stereocenters. The number of hydrogen-bond donors (Lipinski definition) is 2. The van der Waals surface area contributed by atoms with Gasteiger partial charge in [-0.2, -0.15) is 0 Å². The van der Waals surface area contributed by atoms with E-state index < -0.39 is 5.41 Å². The highest BCUT2D eigenvalue weighted by Crippen LogP contribution is 2.41. The Balaban J connectivity index is 1.67. The third kappa shape index (κ3) is 4.83. The van der Waals surface area contributed by atoms with Crippen molar-refractivity contribution in [3.05, 3.63) is 29.3 Å². The Labute approximate surface area is 181 Å². The summed E-state index contributed by atoms with van der Waals surface area (Å²) >= 11 is 0. The highest BCUT2D eigenvalue weighted by atomic mass is 16.5. The number of phenolic OH excluding ortho intramolecular Hbond substituents is 1. The monoisotopic (exact) mass is 414 g/mol. The van der Waals surface area contributed by atoms with E-state index in [0.29, 0.717) is 25.0 Å². The number of carbonyl (C=O) groups excluding carboxylic acids is 1. The molecule has 166 valence electrons. The standard InChI is InChI=1S/C25H38N2O3/c1-24(2,3)23(29)26-19-13-25(4)9-10-27(14-17-5-6-17)20(16-30-15-19)11-18-7-8-21(28)12-22(18)25/h7-8,12,17,19-20,28H,5-6,9-11,13-16H2,1-4H3,(H,26,29). The number of nitrogens with one attached hydrogen (secondary N) is 1. The van der Waals surface area contributed by atoms with E-state index in [1.807, 2.05) is 32.9 Å². The molecule has 1 aromatic carbocycles. The van der Waals surface area contributed by atoms with Crippen molar-refractivity contribution in [2.24, 2.45) is 11.3 Å². The van der Waals surface area contributed by atoms with Crippen LogP contribution < -0.4 is 5.32 Å². The quantitative estimate of drug-likeness (QED) is 0.793. The third-order valence-electron chi connectivity index (χ3n) is 7.20. The van der Waals surface area contributed by atoms with E-state index in [1.54, 1.807) is 0 Å². The van der Waals surface area contributed by atoms with Gasteiger partial charge in [0.1, 0.15) is 5.75 Å². The molecule has 0 spiro atoms. The second-order valence-corrected chi connectivity index (χ2v) is 11.1. The van der Waals surface area contributed by atoms with Gasteiger partial charge in [-0.1, -0.05) is 33.8 Å². The van der Waals surface area contributed by atoms with Crippen LogP contribution in [0.1, 0.15) is 64.5 Å². The highest BCUT2D eigenvalue weighted by Gasteiger charge is 2.39. The van der Waals surface area contributed by atoms with Crippen LogP contribution in [-0.2, 0) is 21.4 Å². The van der Waals surface area contributed by atoms with Gasteiger partial charge in [-0.3, -0.25) is 9.69 Å². The van der Waals surface area contributed by atoms with E-state index in [0.717, 1.165) is 31.7 Å². The first-order valence-electron chi connectivity index (χ1n) is 11.6. The maximum atomic E-state index is 12.7. The SMILES string of the molecule is CC(C)(C)C(=O)NC1COCC2Cc3ccc(O)cc3C(C)(CCN2CC2CC2)C1. The molecule has 1 aliphatic carbocycles. The van der Waals surface area contributed by atoms with E-state index in [2.05, 4.69) is 23.2 Å². The third-order valence-corrected chi connectivity index (χ3v) is 7.20. The Kier molecular flexibility index (Phi) is 5.88. The van der Waals surface area contributed by atoms with Gasteiger partial charge in [0.2, 0.25) is 5.91 Å². The fraction of sp³-hybridized carbons (Fsp3) is 0.720. The fourth-order valence-electron chi connectivity index (χ4n) is 5.09. The number of aromatic hydroxyl groups is 1. The van der Waals surface area contributed by atoms with Crippen LogP contribution in [0.5, 0.6) is 5.75 Å². The molecule has 2 bridgehead atoms. The van der Waals surface area contributed by atoms with Crippen LogP contribution in [0.25, 0.3) is 0 Å². The summed E-state index contributed by atoms with van der Waals surface area (Å²) in [5, 5.41) is 13.5. The maximum absolute atomic E-state index is 12.7. The zero-order valence-electron chi connectivity index (χ0n) is 19.0. The molecule has 0 aromatic heterocycles. The van der Waals surface area contributed by atoms with Gasteiger partial charge in [-0.25, -0.2) is 0 Å². The van der Waals surface area contributed by atoms with Crippen LogP contribution in [0.4, 0.5) is 0 Å². The number of phenols is 1. The van der Waals surface area contributed by atoms with Crippen LogP contribution >= 0.6 is 0 Å². The van der Waals surface area contributed by atoms with E-state index in [9.17, 15) is 9.90 Å². The Bertz CT molecular complexity index is 783. The van der Waals surface area contributed by atoms with Crippen molar-refractivity contribution in [2.75, 3.05) is 26.3 Å². The van der Waals surface area contributed by atoms with Crippen molar-refractivity contribution in [1.82, 2.24) is 10.2 Å². The number of nitrogens with zero attached hydrogens (tertiary/aromatic N) is 1. The summed E-state index contributed by atoms with van der Waals surface area (Å²) in [6.07, 6.45) is 5.50. The van der Waals surface area contributed by atoms with Gasteiger partial charge in [0, 0.05) is 18.0 Å². The number of fused-ring (bicyclic) bond motifs is 6. The molecular formula is C25H38N2O3. The molecule has 1 aromatic rings. The lowest BCUT2D eigenvalue weighted by Crippen LogP contribution is -2.52. The molecule has 0 radical (unpaired) electrons. The van der Waals surface area contributed by atoms with Crippen molar-refractivity contribution in [1.29, 1.82) is 0 Å². The molecule has 3 atom stereocenters. The largest absolute Gasteiger partial charge is 0.508 e. The normalized spacial score (nSPS) is 30.4. The smallest absolute Gasteiger partial charge is 0.225 e. The highest BCUT2D eigenvalue weighted by molar-refractivity contribution is 5.81. The van der Waals surface area contributed by atoms with Crippen LogP contribution in [0, 0.1) is 11.3 Å². The molecule has 3 aliphatic heterocycles. The molecule has 3 heterocycles. The molecule has 2 N–H and O–H groups in total. The van der Waals surface area contributed by atoms with Crippen molar-refractivity contribution < 1.29 is 14.6 Å². The number of benzene rings is 1. The molecule has 1 saturated heterocycles. The molecule has 4 aliphatic rings. The number of rotatable bonds is 3. The molecule has 5 heteroatoms. The average molecular weight is 415 g/mol. The molecule has 5 rings (SSSR count). The summed E-state index contributed by atoms with van der Waals surface area (Å²) < 4.78 is 6.23. The molecule has 30 heavy (non-hydrogen) atoms. The second kappa shape index (κ2) is 8.16. The summed E-state index contributed by atoms with van der Waals surface area (Å²) in [5.41, 5.74) is 2.00. The number of amides is 1. The Morgan fingerprint density at radius 1 is 1.30 bits per heavy atom. The van der Waals surface area contributed by atoms with Gasteiger partial charge in [-0.15, -0.1) is 0 Å². The van der Waals surface area contributed by atoms with Gasteiger partial charge < -0.3 is 15.2 Å². The predicted molar refractivity (Wildman–Crippen MR) is 119 cm³/mol. The summed E-state index contributed by atoms with van der Waals surface area (Å²) in [4.78, 5) is 15.4. The number of ether oxygens (including phenoxy) is 1. The topological polar surface area (TPSA) is 61.8 Å². The van der Waals surface area contributed by atoms with Crippen LogP contribution in [0.3, 0.4) is 0 Å². The van der Waals surface area contributed by atoms with E-state index in [-0.39, 0.29) is 17.4 Å². The van der Waals surface area contributed by atoms with Crippen LogP contribution in [0.15, 0.2) is 18.2 Å². The van der Waals surface area contributed by atoms with E-state index in [4.69, 9.17) is 4.74 Å². The maximum Gasteiger partial charge on any atom is 0.225 e. The molecule has 1 saturated carbocycles. The van der Waals surface area contributed by atoms with E-state index >= 15 is 0 Å². The van der Waals surface area contributed by atoms with E-state index in [1.165, 1.54) is 30.5 Å². The Morgan fingerprint density at radius 3 is 2.77 bits per heavy atom. The minimum absolute atomic E-state index is 0.0364. The van der Waals surface area contributed by atoms with Crippen molar-refractivity contribution >= 4 is 5.91 Å². The average Bonchev–Trinajstić information content (AvgIpc) is 3.48. The van der Waals surface area contributed by atoms with Gasteiger partial charge >= 0.3 is 0 Å². The first-order chi connectivity index (χ1) is 14.1. The van der Waals surface area contributed by atoms with Crippen LogP contribution in [0.2, 0.25) is 0 Å². The first kappa shape index (κ1) is 21.6. The first-order valence-corrected chi connectivity index (χ1v) is 11.6. The van der Waals surface area contributed by atoms with Gasteiger partial charge in [-0.05, 0) is 73.2 Å². The van der Waals surface area contributed by atoms with Crippen molar-refractivity contribution in [2.45, 2.75) is 77.3 Å². The summed E-state index contributed by atoms with van der Waals surface area (Å²) in [5.74, 6) is 1.24. The molecule has 1 amide bonds. The second-order valence-electron chi connectivity index (χ2n) is 11.1. The van der Waals surface area contributed by atoms with Crippen molar-refractivity contribution in [3.63, 3.8) is 0 Å².